The number of halogens is 3. The monoisotopic (exact) mass is 355 g/mol. The first-order chi connectivity index (χ1) is 12.0. The number of nitrogens with one attached hydrogen (secondary N) is 2. The van der Waals surface area contributed by atoms with E-state index in [0.717, 1.165) is 25.0 Å². The number of carbonyl (C=O) groups excluding carboxylic acids is 1. The van der Waals surface area contributed by atoms with E-state index in [1.807, 2.05) is 0 Å². The number of hydrogen-bond donors (Lipinski definition) is 2. The first-order valence-corrected chi connectivity index (χ1v) is 7.93. The van der Waals surface area contributed by atoms with Crippen molar-refractivity contribution in [3.8, 4) is 0 Å². The number of hydrogen-bond acceptors (Lipinski definition) is 4. The third-order valence-electron chi connectivity index (χ3n) is 4.41. The molecule has 2 unspecified atom stereocenters. The third kappa shape index (κ3) is 3.75. The van der Waals surface area contributed by atoms with Gasteiger partial charge in [-0.3, -0.25) is 14.3 Å². The molecule has 0 bridgehead atoms. The van der Waals surface area contributed by atoms with Gasteiger partial charge in [-0.25, -0.2) is 18.0 Å². The van der Waals surface area contributed by atoms with Gasteiger partial charge in [0.15, 0.2) is 23.3 Å². The molecule has 9 heteroatoms. The molecule has 134 valence electrons. The van der Waals surface area contributed by atoms with Crippen molar-refractivity contribution in [3.05, 3.63) is 51.5 Å². The van der Waals surface area contributed by atoms with E-state index >= 15 is 0 Å². The SMILES string of the molecule is O=C(CCc1ccc(F)c(F)c1F)NC1CCCC1c1noc(=O)[nH]1. The van der Waals surface area contributed by atoms with Crippen LogP contribution in [-0.2, 0) is 11.2 Å². The standard InChI is InChI=1S/C16H16F3N3O3/c17-10-6-4-8(13(18)14(10)19)5-7-12(23)20-11-3-1-2-9(11)15-21-16(24)25-22-15/h4,6,9,11H,1-3,5,7H2,(H,20,23)(H,21,22,24). The third-order valence-corrected chi connectivity index (χ3v) is 4.41. The quantitative estimate of drug-likeness (QED) is 0.805. The summed E-state index contributed by atoms with van der Waals surface area (Å²) in [6.07, 6.45) is 2.19. The van der Waals surface area contributed by atoms with Gasteiger partial charge in [-0.05, 0) is 30.9 Å². The van der Waals surface area contributed by atoms with Crippen LogP contribution in [0.3, 0.4) is 0 Å². The number of H-pyrrole nitrogens is 1. The summed E-state index contributed by atoms with van der Waals surface area (Å²) in [4.78, 5) is 25.6. The highest BCUT2D eigenvalue weighted by Gasteiger charge is 2.32. The summed E-state index contributed by atoms with van der Waals surface area (Å²) < 4.78 is 44.2. The minimum absolute atomic E-state index is 0.0486. The number of aromatic nitrogens is 2. The Morgan fingerprint density at radius 2 is 2.08 bits per heavy atom. The van der Waals surface area contributed by atoms with Gasteiger partial charge in [0.2, 0.25) is 5.91 Å². The Morgan fingerprint density at radius 3 is 2.80 bits per heavy atom. The van der Waals surface area contributed by atoms with Crippen LogP contribution in [0.4, 0.5) is 13.2 Å². The van der Waals surface area contributed by atoms with Gasteiger partial charge in [0.1, 0.15) is 0 Å². The Balaban J connectivity index is 1.59. The highest BCUT2D eigenvalue weighted by atomic mass is 19.2. The van der Waals surface area contributed by atoms with Gasteiger partial charge >= 0.3 is 5.76 Å². The summed E-state index contributed by atoms with van der Waals surface area (Å²) >= 11 is 0. The molecule has 1 saturated carbocycles. The molecule has 1 aromatic heterocycles. The molecule has 0 aliphatic heterocycles. The molecule has 0 radical (unpaired) electrons. The molecule has 0 spiro atoms. The topological polar surface area (TPSA) is 88.0 Å². The fraction of sp³-hybridized carbons (Fsp3) is 0.438. The van der Waals surface area contributed by atoms with Crippen LogP contribution in [0.1, 0.15) is 43.0 Å². The zero-order valence-corrected chi connectivity index (χ0v) is 13.2. The van der Waals surface area contributed by atoms with Crippen molar-refractivity contribution in [1.82, 2.24) is 15.5 Å². The second-order valence-corrected chi connectivity index (χ2v) is 6.03. The van der Waals surface area contributed by atoms with E-state index in [4.69, 9.17) is 0 Å². The van der Waals surface area contributed by atoms with E-state index in [9.17, 15) is 22.8 Å². The second-order valence-electron chi connectivity index (χ2n) is 6.03. The van der Waals surface area contributed by atoms with E-state index in [1.54, 1.807) is 0 Å². The van der Waals surface area contributed by atoms with Crippen molar-refractivity contribution in [1.29, 1.82) is 0 Å². The van der Waals surface area contributed by atoms with Crippen LogP contribution in [0, 0.1) is 17.5 Å². The molecule has 2 atom stereocenters. The van der Waals surface area contributed by atoms with Gasteiger partial charge in [0.05, 0.1) is 0 Å². The lowest BCUT2D eigenvalue weighted by atomic mass is 10.0. The van der Waals surface area contributed by atoms with E-state index < -0.39 is 23.2 Å². The van der Waals surface area contributed by atoms with Gasteiger partial charge in [-0.2, -0.15) is 0 Å². The largest absolute Gasteiger partial charge is 0.438 e. The van der Waals surface area contributed by atoms with Gasteiger partial charge < -0.3 is 5.32 Å². The smallest absolute Gasteiger partial charge is 0.353 e. The minimum atomic E-state index is -1.54. The average Bonchev–Trinajstić information content (AvgIpc) is 3.20. The molecule has 2 aromatic rings. The van der Waals surface area contributed by atoms with Gasteiger partial charge in [0.25, 0.3) is 0 Å². The summed E-state index contributed by atoms with van der Waals surface area (Å²) in [5, 5.41) is 6.48. The number of aryl methyl sites for hydroxylation is 1. The number of nitrogens with zero attached hydrogens (tertiary/aromatic N) is 1. The summed E-state index contributed by atoms with van der Waals surface area (Å²) in [5.74, 6) is -4.83. The molecule has 1 fully saturated rings. The molecular weight excluding hydrogens is 339 g/mol. The number of aromatic amines is 1. The predicted octanol–water partition coefficient (Wildman–Crippen LogP) is 2.17. The number of carbonyl (C=O) groups is 1. The summed E-state index contributed by atoms with van der Waals surface area (Å²) in [5.41, 5.74) is -0.0575. The van der Waals surface area contributed by atoms with Crippen molar-refractivity contribution in [2.24, 2.45) is 0 Å². The Kier molecular flexibility index (Phi) is 4.91. The van der Waals surface area contributed by atoms with E-state index in [1.165, 1.54) is 0 Å². The first kappa shape index (κ1) is 17.2. The lowest BCUT2D eigenvalue weighted by molar-refractivity contribution is -0.121. The van der Waals surface area contributed by atoms with Crippen molar-refractivity contribution < 1.29 is 22.5 Å². The van der Waals surface area contributed by atoms with Gasteiger partial charge in [-0.15, -0.1) is 0 Å². The van der Waals surface area contributed by atoms with Crippen molar-refractivity contribution >= 4 is 5.91 Å². The summed E-state index contributed by atoms with van der Waals surface area (Å²) in [7, 11) is 0. The normalized spacial score (nSPS) is 20.0. The number of rotatable bonds is 5. The molecule has 1 heterocycles. The van der Waals surface area contributed by atoms with Crippen LogP contribution in [0.15, 0.2) is 21.5 Å². The average molecular weight is 355 g/mol. The fourth-order valence-electron chi connectivity index (χ4n) is 3.15. The Hall–Kier alpha value is -2.58. The van der Waals surface area contributed by atoms with Crippen molar-refractivity contribution in [3.63, 3.8) is 0 Å². The Bertz CT molecular complexity index is 834. The maximum absolute atomic E-state index is 13.6. The van der Waals surface area contributed by atoms with Gasteiger partial charge in [0, 0.05) is 18.4 Å². The zero-order chi connectivity index (χ0) is 18.0. The highest BCUT2D eigenvalue weighted by molar-refractivity contribution is 5.76. The van der Waals surface area contributed by atoms with E-state index in [2.05, 4.69) is 20.0 Å². The van der Waals surface area contributed by atoms with Gasteiger partial charge in [-0.1, -0.05) is 17.6 Å². The highest BCUT2D eigenvalue weighted by Crippen LogP contribution is 2.32. The molecule has 25 heavy (non-hydrogen) atoms. The van der Waals surface area contributed by atoms with E-state index in [0.29, 0.717) is 12.2 Å². The molecule has 3 rings (SSSR count). The summed E-state index contributed by atoms with van der Waals surface area (Å²) in [6.45, 7) is 0. The molecule has 1 aromatic carbocycles. The van der Waals surface area contributed by atoms with E-state index in [-0.39, 0.29) is 36.3 Å². The molecule has 0 saturated heterocycles. The van der Waals surface area contributed by atoms with Crippen molar-refractivity contribution in [2.75, 3.05) is 0 Å². The van der Waals surface area contributed by atoms with Crippen LogP contribution < -0.4 is 11.1 Å². The lowest BCUT2D eigenvalue weighted by Crippen LogP contribution is -2.37. The lowest BCUT2D eigenvalue weighted by Gasteiger charge is -2.18. The van der Waals surface area contributed by atoms with Crippen LogP contribution in [-0.4, -0.2) is 22.1 Å². The predicted molar refractivity (Wildman–Crippen MR) is 80.3 cm³/mol. The number of amides is 1. The van der Waals surface area contributed by atoms with Crippen LogP contribution in [0.25, 0.3) is 0 Å². The maximum Gasteiger partial charge on any atom is 0.438 e. The Labute approximate surface area is 140 Å². The second kappa shape index (κ2) is 7.12. The number of benzene rings is 1. The zero-order valence-electron chi connectivity index (χ0n) is 13.2. The minimum Gasteiger partial charge on any atom is -0.353 e. The molecule has 2 N–H and O–H groups in total. The molecule has 6 nitrogen and oxygen atoms in total. The molecule has 1 aliphatic rings. The fourth-order valence-corrected chi connectivity index (χ4v) is 3.15. The van der Waals surface area contributed by atoms with Crippen LogP contribution in [0.5, 0.6) is 0 Å². The van der Waals surface area contributed by atoms with Crippen molar-refractivity contribution in [2.45, 2.75) is 44.1 Å². The Morgan fingerprint density at radius 1 is 1.28 bits per heavy atom. The first-order valence-electron chi connectivity index (χ1n) is 7.93. The molecular formula is C16H16F3N3O3. The van der Waals surface area contributed by atoms with Crippen LogP contribution in [0.2, 0.25) is 0 Å². The summed E-state index contributed by atoms with van der Waals surface area (Å²) in [6, 6.07) is 1.74. The van der Waals surface area contributed by atoms with Crippen LogP contribution >= 0.6 is 0 Å². The molecule has 1 aliphatic carbocycles. The molecule has 1 amide bonds. The maximum atomic E-state index is 13.6.